The van der Waals surface area contributed by atoms with Crippen LogP contribution in [0.25, 0.3) is 0 Å². The molecule has 1 aromatic carbocycles. The molecule has 1 aliphatic heterocycles. The van der Waals surface area contributed by atoms with Gasteiger partial charge in [-0.25, -0.2) is 14.2 Å². The van der Waals surface area contributed by atoms with Crippen molar-refractivity contribution in [3.05, 3.63) is 48.0 Å². The summed E-state index contributed by atoms with van der Waals surface area (Å²) in [6.07, 6.45) is 5.21. The fourth-order valence-electron chi connectivity index (χ4n) is 3.28. The van der Waals surface area contributed by atoms with Crippen LogP contribution in [0, 0.1) is 5.82 Å². The summed E-state index contributed by atoms with van der Waals surface area (Å²) in [6, 6.07) is 5.74. The van der Waals surface area contributed by atoms with Gasteiger partial charge >= 0.3 is 11.9 Å². The molecule has 1 aliphatic rings. The van der Waals surface area contributed by atoms with Crippen LogP contribution in [0.1, 0.15) is 56.4 Å². The molecule has 1 unspecified atom stereocenters. The summed E-state index contributed by atoms with van der Waals surface area (Å²) in [6.45, 7) is 2.68. The van der Waals surface area contributed by atoms with Crippen molar-refractivity contribution in [3.63, 3.8) is 0 Å². The summed E-state index contributed by atoms with van der Waals surface area (Å²) >= 11 is 0. The molecule has 36 heavy (non-hydrogen) atoms. The van der Waals surface area contributed by atoms with E-state index in [0.29, 0.717) is 6.42 Å². The highest BCUT2D eigenvalue weighted by Gasteiger charge is 2.28. The molecule has 3 rings (SSSR count). The van der Waals surface area contributed by atoms with Gasteiger partial charge in [0.05, 0.1) is 13.2 Å². The SMILES string of the molecule is COc1ccnc(C(=O)N[C@H]2CCCCCC(C)OC2=O)c1OCOC(C)=O.Oc1ccc(F)cc1. The van der Waals surface area contributed by atoms with Crippen molar-refractivity contribution in [3.8, 4) is 17.2 Å². The Labute approximate surface area is 208 Å². The molecular formula is C25H31FN2O8. The van der Waals surface area contributed by atoms with E-state index in [0.717, 1.165) is 25.7 Å². The van der Waals surface area contributed by atoms with Gasteiger partial charge in [-0.1, -0.05) is 12.8 Å². The van der Waals surface area contributed by atoms with Gasteiger partial charge in [0.25, 0.3) is 5.91 Å². The highest BCUT2D eigenvalue weighted by Crippen LogP contribution is 2.29. The van der Waals surface area contributed by atoms with Crippen molar-refractivity contribution in [1.29, 1.82) is 0 Å². The Morgan fingerprint density at radius 2 is 1.86 bits per heavy atom. The second-order valence-electron chi connectivity index (χ2n) is 7.98. The van der Waals surface area contributed by atoms with Crippen LogP contribution >= 0.6 is 0 Å². The highest BCUT2D eigenvalue weighted by molar-refractivity contribution is 5.98. The number of aromatic nitrogens is 1. The van der Waals surface area contributed by atoms with Crippen molar-refractivity contribution in [2.45, 2.75) is 58.1 Å². The van der Waals surface area contributed by atoms with Gasteiger partial charge in [-0.3, -0.25) is 9.59 Å². The first kappa shape index (κ1) is 28.3. The molecule has 0 radical (unpaired) electrons. The number of cyclic esters (lactones) is 1. The summed E-state index contributed by atoms with van der Waals surface area (Å²) in [5.41, 5.74) is -0.0766. The summed E-state index contributed by atoms with van der Waals surface area (Å²) < 4.78 is 32.7. The van der Waals surface area contributed by atoms with E-state index in [1.807, 2.05) is 6.92 Å². The Hall–Kier alpha value is -3.89. The van der Waals surface area contributed by atoms with Gasteiger partial charge in [0.2, 0.25) is 6.79 Å². The Kier molecular flexibility index (Phi) is 11.4. The average molecular weight is 507 g/mol. The minimum Gasteiger partial charge on any atom is -0.508 e. The van der Waals surface area contributed by atoms with Crippen LogP contribution in [0.3, 0.4) is 0 Å². The Balaban J connectivity index is 0.000000482. The van der Waals surface area contributed by atoms with E-state index in [-0.39, 0.29) is 34.9 Å². The number of rotatable bonds is 6. The van der Waals surface area contributed by atoms with Crippen LogP contribution in [0.5, 0.6) is 17.2 Å². The molecule has 1 saturated heterocycles. The molecule has 2 atom stereocenters. The van der Waals surface area contributed by atoms with Gasteiger partial charge in [0.1, 0.15) is 17.6 Å². The topological polar surface area (TPSA) is 133 Å². The van der Waals surface area contributed by atoms with Gasteiger partial charge in [-0.2, -0.15) is 0 Å². The number of phenols is 1. The molecule has 0 spiro atoms. The van der Waals surface area contributed by atoms with Crippen LogP contribution in [0.15, 0.2) is 36.5 Å². The Bertz CT molecular complexity index is 995. The number of amides is 1. The van der Waals surface area contributed by atoms with Crippen molar-refractivity contribution >= 4 is 17.8 Å². The smallest absolute Gasteiger partial charge is 0.328 e. The molecule has 2 N–H and O–H groups in total. The fraction of sp³-hybridized carbons (Fsp3) is 0.440. The third-order valence-corrected chi connectivity index (χ3v) is 5.11. The summed E-state index contributed by atoms with van der Waals surface area (Å²) in [4.78, 5) is 40.1. The second-order valence-corrected chi connectivity index (χ2v) is 7.98. The first-order valence-electron chi connectivity index (χ1n) is 11.5. The number of ether oxygens (including phenoxy) is 4. The lowest BCUT2D eigenvalue weighted by Gasteiger charge is -2.19. The van der Waals surface area contributed by atoms with Gasteiger partial charge in [0.15, 0.2) is 17.2 Å². The number of nitrogens with zero attached hydrogens (tertiary/aromatic N) is 1. The lowest BCUT2D eigenvalue weighted by molar-refractivity contribution is -0.151. The average Bonchev–Trinajstić information content (AvgIpc) is 2.91. The number of hydrogen-bond acceptors (Lipinski definition) is 9. The predicted octanol–water partition coefficient (Wildman–Crippen LogP) is 3.52. The zero-order chi connectivity index (χ0) is 26.5. The summed E-state index contributed by atoms with van der Waals surface area (Å²) in [7, 11) is 1.41. The van der Waals surface area contributed by atoms with Crippen molar-refractivity contribution < 1.29 is 42.8 Å². The van der Waals surface area contributed by atoms with E-state index < -0.39 is 30.7 Å². The molecule has 10 nitrogen and oxygen atoms in total. The minimum absolute atomic E-state index is 0.0218. The maximum Gasteiger partial charge on any atom is 0.328 e. The first-order chi connectivity index (χ1) is 17.2. The maximum absolute atomic E-state index is 12.8. The van der Waals surface area contributed by atoms with Crippen molar-refractivity contribution in [2.75, 3.05) is 13.9 Å². The monoisotopic (exact) mass is 506 g/mol. The lowest BCUT2D eigenvalue weighted by atomic mass is 10.1. The molecule has 0 aliphatic carbocycles. The predicted molar refractivity (Wildman–Crippen MR) is 126 cm³/mol. The molecule has 1 aromatic heterocycles. The number of halogens is 1. The highest BCUT2D eigenvalue weighted by atomic mass is 19.1. The standard InChI is InChI=1S/C19H26N2O7.C6H5FO/c1-12-7-5-4-6-8-14(19(24)28-12)21-18(23)16-17(27-11-26-13(2)22)15(25-3)9-10-20-16;7-5-1-3-6(8)4-2-5/h9-10,12,14H,4-8,11H2,1-3H3,(H,21,23);1-4,8H/t12?,14-;/m0./s1. The van der Waals surface area contributed by atoms with Gasteiger partial charge in [-0.05, 0) is 50.5 Å². The summed E-state index contributed by atoms with van der Waals surface area (Å²) in [5.74, 6) is -1.57. The molecule has 1 amide bonds. The maximum atomic E-state index is 12.8. The Morgan fingerprint density at radius 3 is 2.50 bits per heavy atom. The van der Waals surface area contributed by atoms with Crippen LogP contribution in [0.4, 0.5) is 4.39 Å². The van der Waals surface area contributed by atoms with Gasteiger partial charge in [0, 0.05) is 19.2 Å². The van der Waals surface area contributed by atoms with Crippen LogP contribution in [0.2, 0.25) is 0 Å². The van der Waals surface area contributed by atoms with E-state index >= 15 is 0 Å². The minimum atomic E-state index is -0.776. The van der Waals surface area contributed by atoms with Gasteiger partial charge in [-0.15, -0.1) is 0 Å². The van der Waals surface area contributed by atoms with E-state index in [1.54, 1.807) is 0 Å². The second kappa shape index (κ2) is 14.5. The number of methoxy groups -OCH3 is 1. The van der Waals surface area contributed by atoms with E-state index in [4.69, 9.17) is 24.1 Å². The van der Waals surface area contributed by atoms with Crippen LogP contribution < -0.4 is 14.8 Å². The van der Waals surface area contributed by atoms with E-state index in [2.05, 4.69) is 10.3 Å². The number of pyridine rings is 1. The zero-order valence-corrected chi connectivity index (χ0v) is 20.5. The molecular weight excluding hydrogens is 475 g/mol. The van der Waals surface area contributed by atoms with E-state index in [9.17, 15) is 18.8 Å². The molecule has 196 valence electrons. The third kappa shape index (κ3) is 9.40. The molecule has 0 saturated carbocycles. The zero-order valence-electron chi connectivity index (χ0n) is 20.5. The number of hydrogen-bond donors (Lipinski definition) is 2. The molecule has 2 heterocycles. The first-order valence-corrected chi connectivity index (χ1v) is 11.5. The molecule has 2 aromatic rings. The van der Waals surface area contributed by atoms with Crippen molar-refractivity contribution in [2.24, 2.45) is 0 Å². The number of esters is 2. The third-order valence-electron chi connectivity index (χ3n) is 5.11. The number of carbonyl (C=O) groups is 3. The summed E-state index contributed by atoms with van der Waals surface area (Å²) in [5, 5.41) is 11.3. The van der Waals surface area contributed by atoms with Gasteiger partial charge < -0.3 is 29.4 Å². The Morgan fingerprint density at radius 1 is 1.17 bits per heavy atom. The molecule has 11 heteroatoms. The number of phenolic OH excluding ortho intramolecular Hbond substituents is 1. The van der Waals surface area contributed by atoms with Crippen molar-refractivity contribution in [1.82, 2.24) is 10.3 Å². The van der Waals surface area contributed by atoms with Crippen LogP contribution in [-0.2, 0) is 19.1 Å². The lowest BCUT2D eigenvalue weighted by Crippen LogP contribution is -2.43. The fourth-order valence-corrected chi connectivity index (χ4v) is 3.28. The number of carbonyl (C=O) groups excluding carboxylic acids is 3. The number of aromatic hydroxyl groups is 1. The quantitative estimate of drug-likeness (QED) is 0.446. The number of nitrogens with one attached hydrogen (secondary N) is 1. The van der Waals surface area contributed by atoms with E-state index in [1.165, 1.54) is 50.6 Å². The van der Waals surface area contributed by atoms with Crippen LogP contribution in [-0.4, -0.2) is 54.0 Å². The molecule has 0 bridgehead atoms. The normalized spacial score (nSPS) is 17.6. The number of benzene rings is 1. The molecule has 1 fully saturated rings. The largest absolute Gasteiger partial charge is 0.508 e.